The maximum absolute atomic E-state index is 12.5. The number of hydrogen-bond acceptors (Lipinski definition) is 3. The Balaban J connectivity index is 1.69. The van der Waals surface area contributed by atoms with Gasteiger partial charge in [-0.1, -0.05) is 107 Å². The summed E-state index contributed by atoms with van der Waals surface area (Å²) in [7, 11) is 4.49. The fourth-order valence-electron chi connectivity index (χ4n) is 4.78. The molecule has 206 valence electrons. The zero-order valence-electron chi connectivity index (χ0n) is 24.1. The quantitative estimate of drug-likeness (QED) is 0.0775. The number of nitrogens with zero attached hydrogens (tertiary/aromatic N) is 1. The molecular weight excluding hydrogens is 458 g/mol. The van der Waals surface area contributed by atoms with Crippen molar-refractivity contribution in [1.29, 1.82) is 0 Å². The molecule has 0 fully saturated rings. The van der Waals surface area contributed by atoms with E-state index in [9.17, 15) is 4.79 Å². The fourth-order valence-corrected chi connectivity index (χ4v) is 4.78. The Bertz CT molecular complexity index is 865. The molecule has 1 atom stereocenters. The maximum Gasteiger partial charge on any atom is 0.308 e. The Morgan fingerprint density at radius 1 is 0.784 bits per heavy atom. The molecule has 0 amide bonds. The molecule has 0 N–H and O–H groups in total. The molecule has 0 heterocycles. The molecule has 4 nitrogen and oxygen atoms in total. The fraction of sp³-hybridized carbons (Fsp3) is 0.606. The molecule has 0 aliphatic heterocycles. The molecule has 2 rings (SSSR count). The van der Waals surface area contributed by atoms with Crippen molar-refractivity contribution < 1.29 is 18.8 Å². The summed E-state index contributed by atoms with van der Waals surface area (Å²) in [5.74, 6) is 0.686. The number of rotatable bonds is 20. The van der Waals surface area contributed by atoms with E-state index < -0.39 is 6.29 Å². The summed E-state index contributed by atoms with van der Waals surface area (Å²) in [5, 5.41) is 0. The first kappa shape index (κ1) is 30.9. The molecule has 0 aliphatic rings. The molecule has 0 radical (unpaired) electrons. The van der Waals surface area contributed by atoms with Gasteiger partial charge >= 0.3 is 5.97 Å². The van der Waals surface area contributed by atoms with Crippen LogP contribution in [0.2, 0.25) is 0 Å². The molecule has 37 heavy (non-hydrogen) atoms. The van der Waals surface area contributed by atoms with Crippen molar-refractivity contribution in [3.05, 3.63) is 65.7 Å². The van der Waals surface area contributed by atoms with E-state index in [0.29, 0.717) is 12.8 Å². The van der Waals surface area contributed by atoms with Crippen LogP contribution in [-0.4, -0.2) is 37.4 Å². The lowest BCUT2D eigenvalue weighted by Crippen LogP contribution is -2.39. The van der Waals surface area contributed by atoms with E-state index in [1.54, 1.807) is 0 Å². The van der Waals surface area contributed by atoms with Gasteiger partial charge in [-0.25, -0.2) is 0 Å². The average molecular weight is 511 g/mol. The van der Waals surface area contributed by atoms with E-state index in [4.69, 9.17) is 9.47 Å². The summed E-state index contributed by atoms with van der Waals surface area (Å²) in [5.41, 5.74) is 2.55. The molecule has 1 unspecified atom stereocenters. The maximum atomic E-state index is 12.5. The number of para-hydroxylation sites is 1. The van der Waals surface area contributed by atoms with E-state index in [1.165, 1.54) is 62.5 Å². The first-order chi connectivity index (χ1) is 17.9. The van der Waals surface area contributed by atoms with Crippen molar-refractivity contribution >= 4 is 5.97 Å². The van der Waals surface area contributed by atoms with E-state index in [-0.39, 0.29) is 5.97 Å². The van der Waals surface area contributed by atoms with Crippen LogP contribution >= 0.6 is 0 Å². The monoisotopic (exact) mass is 510 g/mol. The first-order valence-electron chi connectivity index (χ1n) is 14.7. The Labute approximate surface area is 227 Å². The Hall–Kier alpha value is -2.33. The third kappa shape index (κ3) is 13.7. The molecule has 0 aliphatic carbocycles. The van der Waals surface area contributed by atoms with Crippen LogP contribution in [0.25, 0.3) is 0 Å². The van der Waals surface area contributed by atoms with Gasteiger partial charge in [-0.15, -0.1) is 0 Å². The smallest absolute Gasteiger partial charge is 0.308 e. The van der Waals surface area contributed by atoms with Crippen molar-refractivity contribution in [3.63, 3.8) is 0 Å². The van der Waals surface area contributed by atoms with Crippen LogP contribution < -0.4 is 4.74 Å². The molecule has 0 saturated heterocycles. The second kappa shape index (κ2) is 18.0. The van der Waals surface area contributed by atoms with Crippen LogP contribution in [0, 0.1) is 0 Å². The summed E-state index contributed by atoms with van der Waals surface area (Å²) in [6.07, 6.45) is 13.9. The molecule has 0 spiro atoms. The second-order valence-corrected chi connectivity index (χ2v) is 11.0. The van der Waals surface area contributed by atoms with Crippen LogP contribution in [0.15, 0.2) is 54.6 Å². The first-order valence-corrected chi connectivity index (χ1v) is 14.7. The minimum Gasteiger partial charge on any atom is -0.455 e. The summed E-state index contributed by atoms with van der Waals surface area (Å²) in [4.78, 5) is 12.5. The van der Waals surface area contributed by atoms with Gasteiger partial charge in [0.05, 0.1) is 20.6 Å². The molecule has 0 bridgehead atoms. The van der Waals surface area contributed by atoms with E-state index >= 15 is 0 Å². The van der Waals surface area contributed by atoms with Crippen LogP contribution in [0.1, 0.15) is 102 Å². The highest BCUT2D eigenvalue weighted by molar-refractivity contribution is 5.69. The van der Waals surface area contributed by atoms with Gasteiger partial charge in [-0.3, -0.25) is 4.79 Å². The van der Waals surface area contributed by atoms with E-state index in [2.05, 4.69) is 63.5 Å². The van der Waals surface area contributed by atoms with Gasteiger partial charge in [0.25, 0.3) is 0 Å². The van der Waals surface area contributed by atoms with Crippen molar-refractivity contribution in [2.45, 2.75) is 110 Å². The van der Waals surface area contributed by atoms with Gasteiger partial charge < -0.3 is 14.0 Å². The van der Waals surface area contributed by atoms with E-state index in [0.717, 1.165) is 42.6 Å². The number of unbranched alkanes of at least 4 members (excludes halogenated alkanes) is 8. The third-order valence-corrected chi connectivity index (χ3v) is 6.97. The number of benzene rings is 2. The molecule has 2 aromatic carbocycles. The molecule has 0 saturated carbocycles. The second-order valence-electron chi connectivity index (χ2n) is 11.0. The minimum atomic E-state index is -0.530. The lowest BCUT2D eigenvalue weighted by Gasteiger charge is -2.30. The lowest BCUT2D eigenvalue weighted by atomic mass is 10.0. The average Bonchev–Trinajstić information content (AvgIpc) is 2.89. The Morgan fingerprint density at radius 3 is 2.14 bits per heavy atom. The summed E-state index contributed by atoms with van der Waals surface area (Å²) in [6, 6.07) is 18.8. The number of aryl methyl sites for hydroxylation is 1. The standard InChI is InChI=1S/C33H52NO3/c1-5-7-8-9-10-11-12-16-23-30-24-17-18-25-31(30)36-33(6-2)37-32(35)26-19-20-27-34(3,4)28-29-21-14-13-15-22-29/h13-15,17-18,21-22,24-25,33H,5-12,16,19-20,23,26-28H2,1-4H3/q+1. The number of hydrogen-bond donors (Lipinski definition) is 0. The summed E-state index contributed by atoms with van der Waals surface area (Å²) < 4.78 is 12.8. The number of ether oxygens (including phenoxy) is 2. The van der Waals surface area contributed by atoms with Gasteiger partial charge in [-0.05, 0) is 37.3 Å². The zero-order chi connectivity index (χ0) is 26.8. The van der Waals surface area contributed by atoms with Crippen LogP contribution in [-0.2, 0) is 22.5 Å². The predicted molar refractivity (Wildman–Crippen MR) is 155 cm³/mol. The third-order valence-electron chi connectivity index (χ3n) is 6.97. The van der Waals surface area contributed by atoms with Crippen molar-refractivity contribution in [1.82, 2.24) is 0 Å². The molecule has 4 heteroatoms. The number of carbonyl (C=O) groups is 1. The Kier molecular flexibility index (Phi) is 15.0. The van der Waals surface area contributed by atoms with Crippen LogP contribution in [0.4, 0.5) is 0 Å². The lowest BCUT2D eigenvalue weighted by molar-refractivity contribution is -0.903. The SMILES string of the molecule is CCCCCCCCCCc1ccccc1OC(CC)OC(=O)CCCC[N+](C)(C)Cc1ccccc1. The zero-order valence-corrected chi connectivity index (χ0v) is 24.1. The van der Waals surface area contributed by atoms with Crippen molar-refractivity contribution in [2.24, 2.45) is 0 Å². The van der Waals surface area contributed by atoms with Crippen LogP contribution in [0.3, 0.4) is 0 Å². The molecule has 2 aromatic rings. The molecular formula is C33H52NO3+. The number of carbonyl (C=O) groups excluding carboxylic acids is 1. The largest absolute Gasteiger partial charge is 0.455 e. The summed E-state index contributed by atoms with van der Waals surface area (Å²) >= 11 is 0. The Morgan fingerprint density at radius 2 is 1.43 bits per heavy atom. The van der Waals surface area contributed by atoms with Crippen LogP contribution in [0.5, 0.6) is 5.75 Å². The van der Waals surface area contributed by atoms with Crippen molar-refractivity contribution in [2.75, 3.05) is 20.6 Å². The molecule has 0 aromatic heterocycles. The van der Waals surface area contributed by atoms with Gasteiger partial charge in [0.2, 0.25) is 6.29 Å². The van der Waals surface area contributed by atoms with Gasteiger partial charge in [0, 0.05) is 18.4 Å². The van der Waals surface area contributed by atoms with E-state index in [1.807, 2.05) is 19.1 Å². The van der Waals surface area contributed by atoms with Crippen molar-refractivity contribution in [3.8, 4) is 5.75 Å². The highest BCUT2D eigenvalue weighted by atomic mass is 16.7. The van der Waals surface area contributed by atoms with Gasteiger partial charge in [-0.2, -0.15) is 0 Å². The normalized spacial score (nSPS) is 12.3. The number of esters is 1. The summed E-state index contributed by atoms with van der Waals surface area (Å²) in [6.45, 7) is 6.29. The number of quaternary nitrogens is 1. The minimum absolute atomic E-state index is 0.166. The van der Waals surface area contributed by atoms with Gasteiger partial charge in [0.15, 0.2) is 0 Å². The topological polar surface area (TPSA) is 35.5 Å². The predicted octanol–water partition coefficient (Wildman–Crippen LogP) is 8.47. The highest BCUT2D eigenvalue weighted by Gasteiger charge is 2.18. The highest BCUT2D eigenvalue weighted by Crippen LogP contribution is 2.23. The van der Waals surface area contributed by atoms with Gasteiger partial charge in [0.1, 0.15) is 12.3 Å².